The number of aliphatic carboxylic acids is 2. The van der Waals surface area contributed by atoms with Crippen molar-refractivity contribution in [2.75, 3.05) is 13.1 Å². The van der Waals surface area contributed by atoms with Gasteiger partial charge < -0.3 is 21.3 Å². The highest BCUT2D eigenvalue weighted by Crippen LogP contribution is 2.05. The van der Waals surface area contributed by atoms with Crippen LogP contribution in [0.1, 0.15) is 46.5 Å². The predicted octanol–water partition coefficient (Wildman–Crippen LogP) is 1.30. The number of nitrogens with two attached hydrogens (primary N) is 1. The number of unbranched alkanes of at least 4 members (excludes halogenated alkanes) is 2. The van der Waals surface area contributed by atoms with E-state index >= 15 is 0 Å². The molecule has 114 valence electrons. The molecule has 0 rings (SSSR count). The molecule has 5 N–H and O–H groups in total. The first-order valence-electron chi connectivity index (χ1n) is 6.73. The van der Waals surface area contributed by atoms with Crippen molar-refractivity contribution in [3.63, 3.8) is 0 Å². The summed E-state index contributed by atoms with van der Waals surface area (Å²) in [6.45, 7) is 6.77. The van der Waals surface area contributed by atoms with Gasteiger partial charge in [-0.1, -0.05) is 33.6 Å². The van der Waals surface area contributed by atoms with Gasteiger partial charge in [-0.2, -0.15) is 0 Å². The fraction of sp³-hybridized carbons (Fsp3) is 0.846. The number of carbonyl (C=O) groups is 2. The Hall–Kier alpha value is -1.14. The zero-order valence-electron chi connectivity index (χ0n) is 12.2. The number of hydrogen-bond donors (Lipinski definition) is 4. The number of rotatable bonds is 9. The Morgan fingerprint density at radius 1 is 1.21 bits per heavy atom. The molecule has 0 aromatic rings. The molecule has 0 aromatic heterocycles. The molecule has 6 nitrogen and oxygen atoms in total. The average Bonchev–Trinajstić information content (AvgIpc) is 2.33. The number of carboxylic acid groups (broad SMARTS) is 2. The maximum atomic E-state index is 10.8. The minimum atomic E-state index is -0.968. The summed E-state index contributed by atoms with van der Waals surface area (Å²) in [6, 6.07) is -0.369. The molecule has 19 heavy (non-hydrogen) atoms. The number of nitrogens with one attached hydrogen (secondary N) is 1. The molecule has 0 bridgehead atoms. The third-order valence-corrected chi connectivity index (χ3v) is 2.35. The van der Waals surface area contributed by atoms with E-state index in [4.69, 9.17) is 10.2 Å². The van der Waals surface area contributed by atoms with Crippen LogP contribution in [0.4, 0.5) is 0 Å². The normalized spacial score (nSPS) is 11.6. The van der Waals surface area contributed by atoms with Crippen LogP contribution in [0, 0.1) is 5.92 Å². The van der Waals surface area contributed by atoms with E-state index in [1.165, 1.54) is 12.8 Å². The second-order valence-corrected chi connectivity index (χ2v) is 4.78. The molecule has 6 heteroatoms. The quantitative estimate of drug-likeness (QED) is 0.472. The molecule has 0 aromatic carbocycles. The Bertz CT molecular complexity index is 245. The van der Waals surface area contributed by atoms with Gasteiger partial charge in [-0.3, -0.25) is 9.59 Å². The van der Waals surface area contributed by atoms with Crippen molar-refractivity contribution >= 4 is 11.9 Å². The van der Waals surface area contributed by atoms with E-state index in [1.54, 1.807) is 0 Å². The Labute approximate surface area is 115 Å². The second kappa shape index (κ2) is 13.3. The summed E-state index contributed by atoms with van der Waals surface area (Å²) < 4.78 is 0. The Kier molecular flexibility index (Phi) is 14.1. The van der Waals surface area contributed by atoms with Crippen LogP contribution in [0.25, 0.3) is 0 Å². The SMILES string of the molecule is CCCCCNC(CC(C)C)C(=O)O.NCC(=O)O. The summed E-state index contributed by atoms with van der Waals surface area (Å²) in [4.78, 5) is 20.1. The van der Waals surface area contributed by atoms with Crippen molar-refractivity contribution in [2.24, 2.45) is 11.7 Å². The zero-order valence-corrected chi connectivity index (χ0v) is 12.2. The topological polar surface area (TPSA) is 113 Å². The van der Waals surface area contributed by atoms with Crippen molar-refractivity contribution in [1.29, 1.82) is 0 Å². The highest BCUT2D eigenvalue weighted by molar-refractivity contribution is 5.73. The van der Waals surface area contributed by atoms with E-state index in [9.17, 15) is 9.59 Å². The van der Waals surface area contributed by atoms with Crippen LogP contribution in [-0.4, -0.2) is 41.3 Å². The third-order valence-electron chi connectivity index (χ3n) is 2.35. The molecule has 0 aliphatic rings. The second-order valence-electron chi connectivity index (χ2n) is 4.78. The van der Waals surface area contributed by atoms with Crippen molar-refractivity contribution < 1.29 is 19.8 Å². The Morgan fingerprint density at radius 2 is 1.74 bits per heavy atom. The standard InChI is InChI=1S/C11H23NO2.C2H5NO2/c1-4-5-6-7-12-10(11(13)14)8-9(2)3;3-1-2(4)5/h9-10,12H,4-8H2,1-3H3,(H,13,14);1,3H2,(H,4,5). The van der Waals surface area contributed by atoms with Crippen molar-refractivity contribution in [3.05, 3.63) is 0 Å². The van der Waals surface area contributed by atoms with Gasteiger partial charge in [-0.15, -0.1) is 0 Å². The fourth-order valence-electron chi connectivity index (χ4n) is 1.39. The summed E-state index contributed by atoms with van der Waals surface area (Å²) >= 11 is 0. The molecule has 0 spiro atoms. The molecule has 0 heterocycles. The summed E-state index contributed by atoms with van der Waals surface area (Å²) in [7, 11) is 0. The molecule has 0 aliphatic carbocycles. The largest absolute Gasteiger partial charge is 0.480 e. The molecule has 0 saturated carbocycles. The van der Waals surface area contributed by atoms with Gasteiger partial charge in [0.2, 0.25) is 0 Å². The third kappa shape index (κ3) is 16.9. The lowest BCUT2D eigenvalue weighted by Gasteiger charge is -2.16. The first kappa shape index (κ1) is 20.2. The van der Waals surface area contributed by atoms with Crippen LogP contribution < -0.4 is 11.1 Å². The molecule has 0 aliphatic heterocycles. The van der Waals surface area contributed by atoms with Gasteiger partial charge in [-0.05, 0) is 25.3 Å². The van der Waals surface area contributed by atoms with E-state index in [1.807, 2.05) is 13.8 Å². The molecular formula is C13H28N2O4. The minimum Gasteiger partial charge on any atom is -0.480 e. The molecule has 0 amide bonds. The van der Waals surface area contributed by atoms with E-state index in [2.05, 4.69) is 18.0 Å². The van der Waals surface area contributed by atoms with E-state index in [0.717, 1.165) is 13.0 Å². The van der Waals surface area contributed by atoms with Gasteiger partial charge in [0.1, 0.15) is 6.04 Å². The number of carboxylic acids is 2. The van der Waals surface area contributed by atoms with Gasteiger partial charge in [0.15, 0.2) is 0 Å². The van der Waals surface area contributed by atoms with Crippen LogP contribution in [0.2, 0.25) is 0 Å². The van der Waals surface area contributed by atoms with Crippen LogP contribution in [0.15, 0.2) is 0 Å². The summed E-state index contributed by atoms with van der Waals surface area (Å²) in [5.74, 6) is -1.27. The average molecular weight is 276 g/mol. The first-order chi connectivity index (χ1) is 8.84. The molecule has 1 atom stereocenters. The van der Waals surface area contributed by atoms with Gasteiger partial charge in [0.05, 0.1) is 6.54 Å². The monoisotopic (exact) mass is 276 g/mol. The van der Waals surface area contributed by atoms with E-state index in [0.29, 0.717) is 12.3 Å². The van der Waals surface area contributed by atoms with Crippen LogP contribution >= 0.6 is 0 Å². The summed E-state index contributed by atoms with van der Waals surface area (Å²) in [5.41, 5.74) is 4.57. The lowest BCUT2D eigenvalue weighted by molar-refractivity contribution is -0.140. The van der Waals surface area contributed by atoms with Crippen LogP contribution in [0.5, 0.6) is 0 Å². The summed E-state index contributed by atoms with van der Waals surface area (Å²) in [6.07, 6.45) is 4.12. The number of hydrogen-bond acceptors (Lipinski definition) is 4. The zero-order chi connectivity index (χ0) is 15.3. The van der Waals surface area contributed by atoms with E-state index < -0.39 is 11.9 Å². The minimum absolute atomic E-state index is 0.278. The Morgan fingerprint density at radius 3 is 2.05 bits per heavy atom. The van der Waals surface area contributed by atoms with Gasteiger partial charge in [-0.25, -0.2) is 0 Å². The van der Waals surface area contributed by atoms with Crippen molar-refractivity contribution in [2.45, 2.75) is 52.5 Å². The van der Waals surface area contributed by atoms with Crippen molar-refractivity contribution in [3.8, 4) is 0 Å². The smallest absolute Gasteiger partial charge is 0.320 e. The van der Waals surface area contributed by atoms with Crippen molar-refractivity contribution in [1.82, 2.24) is 5.32 Å². The highest BCUT2D eigenvalue weighted by atomic mass is 16.4. The van der Waals surface area contributed by atoms with Gasteiger partial charge >= 0.3 is 11.9 Å². The highest BCUT2D eigenvalue weighted by Gasteiger charge is 2.17. The van der Waals surface area contributed by atoms with Gasteiger partial charge in [0.25, 0.3) is 0 Å². The first-order valence-corrected chi connectivity index (χ1v) is 6.73. The molecule has 1 unspecified atom stereocenters. The lowest BCUT2D eigenvalue weighted by atomic mass is 10.0. The van der Waals surface area contributed by atoms with Gasteiger partial charge in [0, 0.05) is 0 Å². The fourth-order valence-corrected chi connectivity index (χ4v) is 1.39. The Balaban J connectivity index is 0. The predicted molar refractivity (Wildman–Crippen MR) is 75.1 cm³/mol. The summed E-state index contributed by atoms with van der Waals surface area (Å²) in [5, 5.41) is 19.6. The van der Waals surface area contributed by atoms with Crippen LogP contribution in [0.3, 0.4) is 0 Å². The maximum Gasteiger partial charge on any atom is 0.320 e. The molecular weight excluding hydrogens is 248 g/mol. The molecule has 0 fully saturated rings. The maximum absolute atomic E-state index is 10.8. The molecule has 0 saturated heterocycles. The lowest BCUT2D eigenvalue weighted by Crippen LogP contribution is -2.38. The van der Waals surface area contributed by atoms with Crippen LogP contribution in [-0.2, 0) is 9.59 Å². The molecule has 0 radical (unpaired) electrons. The van der Waals surface area contributed by atoms with E-state index in [-0.39, 0.29) is 12.6 Å².